The van der Waals surface area contributed by atoms with Gasteiger partial charge in [-0.05, 0) is 29.2 Å². The van der Waals surface area contributed by atoms with Crippen molar-refractivity contribution in [1.82, 2.24) is 5.32 Å². The predicted octanol–water partition coefficient (Wildman–Crippen LogP) is 3.94. The summed E-state index contributed by atoms with van der Waals surface area (Å²) in [5.74, 6) is 0.593. The van der Waals surface area contributed by atoms with E-state index in [4.69, 9.17) is 22.1 Å². The SMILES string of the molecule is CC(C)[C@H](N)C(=O)NCc1ccccc1COc1ccccc1Cl.Cl. The van der Waals surface area contributed by atoms with Crippen LogP contribution in [-0.4, -0.2) is 11.9 Å². The van der Waals surface area contributed by atoms with Crippen LogP contribution in [0.15, 0.2) is 48.5 Å². The number of rotatable bonds is 7. The van der Waals surface area contributed by atoms with Crippen LogP contribution in [0.5, 0.6) is 5.75 Å². The number of carbonyl (C=O) groups is 1. The third-order valence-electron chi connectivity index (χ3n) is 3.81. The maximum absolute atomic E-state index is 12.0. The van der Waals surface area contributed by atoms with Crippen molar-refractivity contribution in [3.63, 3.8) is 0 Å². The third kappa shape index (κ3) is 6.24. The first kappa shape index (κ1) is 21.3. The highest BCUT2D eigenvalue weighted by molar-refractivity contribution is 6.32. The van der Waals surface area contributed by atoms with Crippen LogP contribution in [0.4, 0.5) is 0 Å². The van der Waals surface area contributed by atoms with Gasteiger partial charge in [-0.25, -0.2) is 0 Å². The van der Waals surface area contributed by atoms with Gasteiger partial charge in [0, 0.05) is 6.54 Å². The lowest BCUT2D eigenvalue weighted by Gasteiger charge is -2.17. The van der Waals surface area contributed by atoms with Gasteiger partial charge in [0.05, 0.1) is 11.1 Å². The third-order valence-corrected chi connectivity index (χ3v) is 4.12. The summed E-state index contributed by atoms with van der Waals surface area (Å²) in [5.41, 5.74) is 7.85. The fourth-order valence-electron chi connectivity index (χ4n) is 2.19. The van der Waals surface area contributed by atoms with E-state index < -0.39 is 6.04 Å². The molecule has 136 valence electrons. The molecule has 2 aromatic rings. The maximum Gasteiger partial charge on any atom is 0.237 e. The molecule has 0 spiro atoms. The Morgan fingerprint density at radius 2 is 1.72 bits per heavy atom. The first-order chi connectivity index (χ1) is 11.5. The highest BCUT2D eigenvalue weighted by Gasteiger charge is 2.17. The molecule has 0 aliphatic carbocycles. The van der Waals surface area contributed by atoms with Crippen molar-refractivity contribution in [3.05, 3.63) is 64.7 Å². The molecule has 0 saturated carbocycles. The summed E-state index contributed by atoms with van der Waals surface area (Å²) in [6.45, 7) is 4.65. The van der Waals surface area contributed by atoms with Crippen LogP contribution in [0.3, 0.4) is 0 Å². The molecule has 0 fully saturated rings. The van der Waals surface area contributed by atoms with Crippen LogP contribution in [0.2, 0.25) is 5.02 Å². The van der Waals surface area contributed by atoms with Crippen molar-refractivity contribution in [2.24, 2.45) is 11.7 Å². The van der Waals surface area contributed by atoms with Crippen molar-refractivity contribution in [2.45, 2.75) is 33.0 Å². The molecule has 4 nitrogen and oxygen atoms in total. The Balaban J connectivity index is 0.00000312. The highest BCUT2D eigenvalue weighted by atomic mass is 35.5. The van der Waals surface area contributed by atoms with Crippen molar-refractivity contribution in [1.29, 1.82) is 0 Å². The van der Waals surface area contributed by atoms with E-state index in [1.54, 1.807) is 6.07 Å². The number of carbonyl (C=O) groups excluding carboxylic acids is 1. The smallest absolute Gasteiger partial charge is 0.237 e. The number of amides is 1. The molecule has 25 heavy (non-hydrogen) atoms. The van der Waals surface area contributed by atoms with E-state index in [-0.39, 0.29) is 24.2 Å². The van der Waals surface area contributed by atoms with Gasteiger partial charge in [0.2, 0.25) is 5.91 Å². The number of halogens is 2. The Labute approximate surface area is 160 Å². The van der Waals surface area contributed by atoms with Gasteiger partial charge in [-0.1, -0.05) is 61.8 Å². The van der Waals surface area contributed by atoms with E-state index >= 15 is 0 Å². The van der Waals surface area contributed by atoms with E-state index in [1.165, 1.54) is 0 Å². The quantitative estimate of drug-likeness (QED) is 0.761. The molecule has 2 aromatic carbocycles. The van der Waals surface area contributed by atoms with E-state index in [0.29, 0.717) is 23.9 Å². The molecule has 0 aliphatic rings. The maximum atomic E-state index is 12.0. The summed E-state index contributed by atoms with van der Waals surface area (Å²) in [6, 6.07) is 14.7. The Bertz CT molecular complexity index is 693. The molecular formula is C19H24Cl2N2O2. The minimum Gasteiger partial charge on any atom is -0.487 e. The predicted molar refractivity (Wildman–Crippen MR) is 104 cm³/mol. The second kappa shape index (κ2) is 10.3. The van der Waals surface area contributed by atoms with E-state index in [1.807, 2.05) is 56.3 Å². The molecule has 0 heterocycles. The van der Waals surface area contributed by atoms with Gasteiger partial charge in [0.15, 0.2) is 0 Å². The molecule has 1 amide bonds. The van der Waals surface area contributed by atoms with Crippen molar-refractivity contribution >= 4 is 29.9 Å². The topological polar surface area (TPSA) is 64.4 Å². The van der Waals surface area contributed by atoms with Crippen molar-refractivity contribution in [2.75, 3.05) is 0 Å². The Morgan fingerprint density at radius 3 is 2.36 bits per heavy atom. The molecule has 0 radical (unpaired) electrons. The monoisotopic (exact) mass is 382 g/mol. The van der Waals surface area contributed by atoms with Crippen LogP contribution in [0.25, 0.3) is 0 Å². The fraction of sp³-hybridized carbons (Fsp3) is 0.316. The number of benzene rings is 2. The van der Waals surface area contributed by atoms with Crippen molar-refractivity contribution < 1.29 is 9.53 Å². The Hall–Kier alpha value is -1.75. The number of hydrogen-bond donors (Lipinski definition) is 2. The van der Waals surface area contributed by atoms with Gasteiger partial charge in [-0.2, -0.15) is 0 Å². The summed E-state index contributed by atoms with van der Waals surface area (Å²) >= 11 is 6.10. The van der Waals surface area contributed by atoms with Crippen LogP contribution in [0.1, 0.15) is 25.0 Å². The number of hydrogen-bond acceptors (Lipinski definition) is 3. The fourth-order valence-corrected chi connectivity index (χ4v) is 2.38. The normalized spacial score (nSPS) is 11.6. The molecule has 0 unspecified atom stereocenters. The molecule has 0 saturated heterocycles. The van der Waals surface area contributed by atoms with Crippen LogP contribution >= 0.6 is 24.0 Å². The molecule has 0 bridgehead atoms. The van der Waals surface area contributed by atoms with Gasteiger partial charge < -0.3 is 15.8 Å². The number of nitrogens with one attached hydrogen (secondary N) is 1. The highest BCUT2D eigenvalue weighted by Crippen LogP contribution is 2.24. The lowest BCUT2D eigenvalue weighted by atomic mass is 10.0. The largest absolute Gasteiger partial charge is 0.487 e. The zero-order valence-electron chi connectivity index (χ0n) is 14.4. The van der Waals surface area contributed by atoms with Crippen molar-refractivity contribution in [3.8, 4) is 5.75 Å². The lowest BCUT2D eigenvalue weighted by molar-refractivity contribution is -0.123. The summed E-state index contributed by atoms with van der Waals surface area (Å²) < 4.78 is 5.79. The minimum atomic E-state index is -0.503. The second-order valence-corrected chi connectivity index (χ2v) is 6.38. The Morgan fingerprint density at radius 1 is 1.12 bits per heavy atom. The van der Waals surface area contributed by atoms with Crippen LogP contribution < -0.4 is 15.8 Å². The van der Waals surface area contributed by atoms with E-state index in [0.717, 1.165) is 11.1 Å². The molecule has 6 heteroatoms. The van der Waals surface area contributed by atoms with Gasteiger partial charge in [-0.15, -0.1) is 12.4 Å². The lowest BCUT2D eigenvalue weighted by Crippen LogP contribution is -2.43. The molecule has 0 aliphatic heterocycles. The molecule has 2 rings (SSSR count). The number of ether oxygens (including phenoxy) is 1. The van der Waals surface area contributed by atoms with Crippen LogP contribution in [-0.2, 0) is 17.9 Å². The van der Waals surface area contributed by atoms with Gasteiger partial charge in [0.1, 0.15) is 12.4 Å². The summed E-state index contributed by atoms with van der Waals surface area (Å²) in [6.07, 6.45) is 0. The van der Waals surface area contributed by atoms with Crippen LogP contribution in [0, 0.1) is 5.92 Å². The van der Waals surface area contributed by atoms with Gasteiger partial charge in [-0.3, -0.25) is 4.79 Å². The zero-order valence-corrected chi connectivity index (χ0v) is 15.9. The summed E-state index contributed by atoms with van der Waals surface area (Å²) in [7, 11) is 0. The van der Waals surface area contributed by atoms with E-state index in [9.17, 15) is 4.79 Å². The first-order valence-electron chi connectivity index (χ1n) is 7.96. The van der Waals surface area contributed by atoms with Gasteiger partial charge >= 0.3 is 0 Å². The average Bonchev–Trinajstić information content (AvgIpc) is 2.59. The average molecular weight is 383 g/mol. The molecular weight excluding hydrogens is 359 g/mol. The zero-order chi connectivity index (χ0) is 17.5. The Kier molecular flexibility index (Phi) is 8.76. The minimum absolute atomic E-state index is 0. The molecule has 3 N–H and O–H groups in total. The molecule has 0 aromatic heterocycles. The first-order valence-corrected chi connectivity index (χ1v) is 8.34. The standard InChI is InChI=1S/C19H23ClN2O2.ClH/c1-13(2)18(21)19(23)22-11-14-7-3-4-8-15(14)12-24-17-10-6-5-9-16(17)20;/h3-10,13,18H,11-12,21H2,1-2H3,(H,22,23);1H/t18-;/m0./s1. The summed E-state index contributed by atoms with van der Waals surface area (Å²) in [5, 5.41) is 3.46. The summed E-state index contributed by atoms with van der Waals surface area (Å²) in [4.78, 5) is 12.0. The second-order valence-electron chi connectivity index (χ2n) is 5.98. The number of para-hydroxylation sites is 1. The molecule has 1 atom stereocenters. The van der Waals surface area contributed by atoms with E-state index in [2.05, 4.69) is 5.32 Å². The number of nitrogens with two attached hydrogens (primary N) is 1. The van der Waals surface area contributed by atoms with Gasteiger partial charge in [0.25, 0.3) is 0 Å².